The lowest BCUT2D eigenvalue weighted by Crippen LogP contribution is -2.37. The van der Waals surface area contributed by atoms with Crippen LogP contribution in [0, 0.1) is 0 Å². The number of halogens is 2. The van der Waals surface area contributed by atoms with E-state index in [1.54, 1.807) is 19.2 Å². The standard InChI is InChI=1S/C15H23Cl2NO2/c1-4-18(11(2)10-20-3)9-8-14(19)12-6-5-7-13(16)15(12)17/h5-7,11,14,19H,4,8-10H2,1-3H3. The van der Waals surface area contributed by atoms with Crippen molar-refractivity contribution in [2.45, 2.75) is 32.4 Å². The molecule has 5 heteroatoms. The zero-order valence-corrected chi connectivity index (χ0v) is 13.8. The summed E-state index contributed by atoms with van der Waals surface area (Å²) in [4.78, 5) is 2.27. The average molecular weight is 320 g/mol. The first-order valence-electron chi connectivity index (χ1n) is 6.86. The Hall–Kier alpha value is -0.320. The number of nitrogens with zero attached hydrogens (tertiary/aromatic N) is 1. The van der Waals surface area contributed by atoms with E-state index in [9.17, 15) is 5.11 Å². The summed E-state index contributed by atoms with van der Waals surface area (Å²) in [5.41, 5.74) is 0.689. The summed E-state index contributed by atoms with van der Waals surface area (Å²) in [6, 6.07) is 5.66. The number of hydrogen-bond acceptors (Lipinski definition) is 3. The van der Waals surface area contributed by atoms with Crippen molar-refractivity contribution in [1.29, 1.82) is 0 Å². The normalized spacial score (nSPS) is 14.6. The smallest absolute Gasteiger partial charge is 0.0817 e. The highest BCUT2D eigenvalue weighted by molar-refractivity contribution is 6.42. The largest absolute Gasteiger partial charge is 0.388 e. The van der Waals surface area contributed by atoms with Crippen LogP contribution < -0.4 is 0 Å². The molecule has 0 aromatic heterocycles. The summed E-state index contributed by atoms with van der Waals surface area (Å²) in [5, 5.41) is 11.2. The molecule has 1 aromatic rings. The maximum absolute atomic E-state index is 10.3. The second kappa shape index (κ2) is 8.85. The molecule has 20 heavy (non-hydrogen) atoms. The van der Waals surface area contributed by atoms with Crippen molar-refractivity contribution < 1.29 is 9.84 Å². The SMILES string of the molecule is CCN(CCC(O)c1cccc(Cl)c1Cl)C(C)COC. The first-order valence-corrected chi connectivity index (χ1v) is 7.61. The van der Waals surface area contributed by atoms with Crippen molar-refractivity contribution in [1.82, 2.24) is 4.90 Å². The quantitative estimate of drug-likeness (QED) is 0.791. The van der Waals surface area contributed by atoms with Gasteiger partial charge in [-0.15, -0.1) is 0 Å². The Morgan fingerprint density at radius 1 is 1.35 bits per heavy atom. The Morgan fingerprint density at radius 2 is 2.05 bits per heavy atom. The monoisotopic (exact) mass is 319 g/mol. The van der Waals surface area contributed by atoms with Crippen LogP contribution in [-0.2, 0) is 4.74 Å². The number of methoxy groups -OCH3 is 1. The van der Waals surface area contributed by atoms with Crippen molar-refractivity contribution in [2.75, 3.05) is 26.8 Å². The van der Waals surface area contributed by atoms with Gasteiger partial charge in [0.25, 0.3) is 0 Å². The number of hydrogen-bond donors (Lipinski definition) is 1. The maximum Gasteiger partial charge on any atom is 0.0817 e. The molecular weight excluding hydrogens is 297 g/mol. The Labute approximate surface area is 131 Å². The number of ether oxygens (including phenoxy) is 1. The van der Waals surface area contributed by atoms with Crippen LogP contribution in [0.2, 0.25) is 10.0 Å². The predicted octanol–water partition coefficient (Wildman–Crippen LogP) is 3.77. The minimum absolute atomic E-state index is 0.326. The molecule has 114 valence electrons. The van der Waals surface area contributed by atoms with Gasteiger partial charge in [0.1, 0.15) is 0 Å². The molecule has 1 rings (SSSR count). The van der Waals surface area contributed by atoms with E-state index in [1.807, 2.05) is 6.07 Å². The van der Waals surface area contributed by atoms with Crippen LogP contribution in [-0.4, -0.2) is 42.9 Å². The van der Waals surface area contributed by atoms with Crippen LogP contribution in [0.15, 0.2) is 18.2 Å². The van der Waals surface area contributed by atoms with Gasteiger partial charge >= 0.3 is 0 Å². The Bertz CT molecular complexity index is 415. The zero-order chi connectivity index (χ0) is 15.1. The molecule has 0 amide bonds. The Balaban J connectivity index is 2.61. The van der Waals surface area contributed by atoms with Gasteiger partial charge in [-0.1, -0.05) is 42.3 Å². The first kappa shape index (κ1) is 17.7. The maximum atomic E-state index is 10.3. The highest BCUT2D eigenvalue weighted by Gasteiger charge is 2.17. The second-order valence-corrected chi connectivity index (χ2v) is 5.67. The fourth-order valence-electron chi connectivity index (χ4n) is 2.26. The lowest BCUT2D eigenvalue weighted by atomic mass is 10.1. The molecule has 1 aromatic carbocycles. The molecule has 0 spiro atoms. The molecule has 0 aliphatic carbocycles. The highest BCUT2D eigenvalue weighted by Crippen LogP contribution is 2.31. The van der Waals surface area contributed by atoms with Gasteiger partial charge < -0.3 is 9.84 Å². The van der Waals surface area contributed by atoms with Gasteiger partial charge in [-0.05, 0) is 26.0 Å². The van der Waals surface area contributed by atoms with Gasteiger partial charge in [0.2, 0.25) is 0 Å². The fourth-order valence-corrected chi connectivity index (χ4v) is 2.69. The molecule has 3 nitrogen and oxygen atoms in total. The molecule has 2 atom stereocenters. The zero-order valence-electron chi connectivity index (χ0n) is 12.3. The summed E-state index contributed by atoms with van der Waals surface area (Å²) in [6.07, 6.45) is 0.00657. The van der Waals surface area contributed by atoms with Crippen molar-refractivity contribution in [2.24, 2.45) is 0 Å². The molecule has 0 aliphatic heterocycles. The average Bonchev–Trinajstić information content (AvgIpc) is 2.42. The van der Waals surface area contributed by atoms with Crippen LogP contribution >= 0.6 is 23.2 Å². The topological polar surface area (TPSA) is 32.7 Å². The molecule has 0 radical (unpaired) electrons. The molecule has 2 unspecified atom stereocenters. The Kier molecular flexibility index (Phi) is 7.85. The lowest BCUT2D eigenvalue weighted by Gasteiger charge is -2.28. The van der Waals surface area contributed by atoms with Crippen molar-refractivity contribution in [3.8, 4) is 0 Å². The van der Waals surface area contributed by atoms with Crippen LogP contribution in [0.25, 0.3) is 0 Å². The lowest BCUT2D eigenvalue weighted by molar-refractivity contribution is 0.0841. The molecule has 0 saturated carbocycles. The van der Waals surface area contributed by atoms with Crippen molar-refractivity contribution in [3.05, 3.63) is 33.8 Å². The van der Waals surface area contributed by atoms with E-state index < -0.39 is 6.10 Å². The van der Waals surface area contributed by atoms with E-state index in [0.29, 0.717) is 34.7 Å². The molecular formula is C15H23Cl2NO2. The van der Waals surface area contributed by atoms with Crippen LogP contribution in [0.1, 0.15) is 31.9 Å². The van der Waals surface area contributed by atoms with E-state index in [1.165, 1.54) is 0 Å². The van der Waals surface area contributed by atoms with Gasteiger partial charge in [-0.25, -0.2) is 0 Å². The third kappa shape index (κ3) is 4.90. The van der Waals surface area contributed by atoms with Crippen LogP contribution in [0.4, 0.5) is 0 Å². The minimum Gasteiger partial charge on any atom is -0.388 e. The van der Waals surface area contributed by atoms with E-state index in [0.717, 1.165) is 13.1 Å². The minimum atomic E-state index is -0.606. The number of likely N-dealkylation sites (N-methyl/N-ethyl adjacent to an activating group) is 1. The van der Waals surface area contributed by atoms with Crippen molar-refractivity contribution >= 4 is 23.2 Å². The summed E-state index contributed by atoms with van der Waals surface area (Å²) >= 11 is 12.1. The van der Waals surface area contributed by atoms with Gasteiger partial charge in [0, 0.05) is 25.3 Å². The van der Waals surface area contributed by atoms with E-state index in [-0.39, 0.29) is 0 Å². The van der Waals surface area contributed by atoms with Gasteiger partial charge in [0.05, 0.1) is 22.8 Å². The first-order chi connectivity index (χ1) is 9.51. The fraction of sp³-hybridized carbons (Fsp3) is 0.600. The van der Waals surface area contributed by atoms with E-state index in [2.05, 4.69) is 18.7 Å². The second-order valence-electron chi connectivity index (χ2n) is 4.88. The third-order valence-electron chi connectivity index (χ3n) is 3.47. The van der Waals surface area contributed by atoms with E-state index in [4.69, 9.17) is 27.9 Å². The molecule has 0 bridgehead atoms. The number of benzene rings is 1. The molecule has 0 heterocycles. The molecule has 1 N–H and O–H groups in total. The van der Waals surface area contributed by atoms with Gasteiger partial charge in [-0.3, -0.25) is 4.90 Å². The predicted molar refractivity (Wildman–Crippen MR) is 84.6 cm³/mol. The summed E-state index contributed by atoms with van der Waals surface area (Å²) in [5.74, 6) is 0. The molecule has 0 aliphatic rings. The van der Waals surface area contributed by atoms with Crippen LogP contribution in [0.3, 0.4) is 0 Å². The molecule has 0 fully saturated rings. The summed E-state index contributed by atoms with van der Waals surface area (Å²) in [6.45, 7) is 6.60. The number of aliphatic hydroxyl groups excluding tert-OH is 1. The van der Waals surface area contributed by atoms with Gasteiger partial charge in [-0.2, -0.15) is 0 Å². The van der Waals surface area contributed by atoms with Gasteiger partial charge in [0.15, 0.2) is 0 Å². The van der Waals surface area contributed by atoms with E-state index >= 15 is 0 Å². The summed E-state index contributed by atoms with van der Waals surface area (Å²) in [7, 11) is 1.70. The number of rotatable bonds is 8. The number of aliphatic hydroxyl groups is 1. The molecule has 0 saturated heterocycles. The summed E-state index contributed by atoms with van der Waals surface area (Å²) < 4.78 is 5.17. The highest BCUT2D eigenvalue weighted by atomic mass is 35.5. The van der Waals surface area contributed by atoms with Crippen molar-refractivity contribution in [3.63, 3.8) is 0 Å². The Morgan fingerprint density at radius 3 is 2.65 bits per heavy atom. The van der Waals surface area contributed by atoms with Crippen LogP contribution in [0.5, 0.6) is 0 Å². The third-order valence-corrected chi connectivity index (χ3v) is 4.30.